The predicted octanol–water partition coefficient (Wildman–Crippen LogP) is 4.31. The van der Waals surface area contributed by atoms with Crippen LogP contribution in [0.4, 0.5) is 13.2 Å². The van der Waals surface area contributed by atoms with Gasteiger partial charge in [0.1, 0.15) is 0 Å². The molecule has 3 rings (SSSR count). The Morgan fingerprint density at radius 1 is 1.27 bits per heavy atom. The zero-order chi connectivity index (χ0) is 19.1. The lowest BCUT2D eigenvalue weighted by atomic mass is 9.97. The molecule has 1 aliphatic rings. The Morgan fingerprint density at radius 3 is 2.50 bits per heavy atom. The topological polar surface area (TPSA) is 69.4 Å². The second-order valence-electron chi connectivity index (χ2n) is 5.77. The van der Waals surface area contributed by atoms with E-state index in [1.54, 1.807) is 0 Å². The lowest BCUT2D eigenvalue weighted by Gasteiger charge is -2.17. The molecule has 1 fully saturated rings. The molecule has 0 radical (unpaired) electrons. The maximum atomic E-state index is 13.3. The van der Waals surface area contributed by atoms with Gasteiger partial charge in [-0.05, 0) is 31.2 Å². The number of hydrogen-bond donors (Lipinski definition) is 0. The van der Waals surface area contributed by atoms with Crippen molar-refractivity contribution < 1.29 is 32.0 Å². The van der Waals surface area contributed by atoms with Crippen molar-refractivity contribution in [3.05, 3.63) is 46.3 Å². The van der Waals surface area contributed by atoms with Crippen molar-refractivity contribution in [3.63, 3.8) is 0 Å². The first-order valence-electron chi connectivity index (χ1n) is 7.65. The van der Waals surface area contributed by atoms with Crippen molar-refractivity contribution in [2.24, 2.45) is 0 Å². The number of ether oxygens (including phenoxy) is 1. The summed E-state index contributed by atoms with van der Waals surface area (Å²) in [6.45, 7) is 0. The van der Waals surface area contributed by atoms with Crippen molar-refractivity contribution in [1.29, 1.82) is 0 Å². The van der Waals surface area contributed by atoms with E-state index in [0.717, 1.165) is 43.8 Å². The molecule has 1 aromatic heterocycles. The van der Waals surface area contributed by atoms with Gasteiger partial charge in [-0.2, -0.15) is 13.2 Å². The fourth-order valence-corrected chi connectivity index (χ4v) is 3.50. The number of alkyl halides is 3. The number of aromatic nitrogens is 1. The zero-order valence-corrected chi connectivity index (χ0v) is 14.7. The minimum absolute atomic E-state index is 0.0176. The monoisotopic (exact) mass is 385 g/mol. The summed E-state index contributed by atoms with van der Waals surface area (Å²) in [5.74, 6) is -1.15. The molecule has 0 spiro atoms. The predicted molar refractivity (Wildman–Crippen MR) is 86.5 cm³/mol. The number of ketones is 1. The van der Waals surface area contributed by atoms with Gasteiger partial charge in [0.25, 0.3) is 0 Å². The van der Waals surface area contributed by atoms with Gasteiger partial charge in [-0.3, -0.25) is 4.79 Å². The molecule has 138 valence electrons. The van der Waals surface area contributed by atoms with E-state index in [-0.39, 0.29) is 21.9 Å². The van der Waals surface area contributed by atoms with Gasteiger partial charge >= 0.3 is 12.1 Å². The Bertz CT molecular complexity index is 871. The normalized spacial score (nSPS) is 14.3. The van der Waals surface area contributed by atoms with Gasteiger partial charge in [0.05, 0.1) is 30.0 Å². The van der Waals surface area contributed by atoms with Crippen LogP contribution in [-0.2, 0) is 10.9 Å². The maximum absolute atomic E-state index is 13.3. The van der Waals surface area contributed by atoms with E-state index in [1.807, 2.05) is 0 Å². The first-order chi connectivity index (χ1) is 12.3. The smallest absolute Gasteiger partial charge is 0.417 e. The summed E-state index contributed by atoms with van der Waals surface area (Å²) in [4.78, 5) is 24.9. The SMILES string of the molecule is COC(=O)c1c(C(F)(F)F)ccc(C(=O)c2cnoc2C2CC2)c1SC. The molecule has 26 heavy (non-hydrogen) atoms. The maximum Gasteiger partial charge on any atom is 0.417 e. The van der Waals surface area contributed by atoms with E-state index in [2.05, 4.69) is 9.89 Å². The summed E-state index contributed by atoms with van der Waals surface area (Å²) in [6.07, 6.45) is -0.272. The zero-order valence-electron chi connectivity index (χ0n) is 13.8. The Labute approximate surface area is 150 Å². The number of methoxy groups -OCH3 is 1. The van der Waals surface area contributed by atoms with Crippen LogP contribution in [0.1, 0.15) is 56.4 Å². The number of rotatable bonds is 5. The van der Waals surface area contributed by atoms with Crippen molar-refractivity contribution in [2.75, 3.05) is 13.4 Å². The number of hydrogen-bond acceptors (Lipinski definition) is 6. The van der Waals surface area contributed by atoms with Crippen molar-refractivity contribution in [2.45, 2.75) is 29.8 Å². The number of carbonyl (C=O) groups excluding carboxylic acids is 2. The van der Waals surface area contributed by atoms with E-state index in [1.165, 1.54) is 12.5 Å². The van der Waals surface area contributed by atoms with Crippen LogP contribution < -0.4 is 0 Å². The van der Waals surface area contributed by atoms with E-state index in [4.69, 9.17) is 4.52 Å². The molecule has 1 heterocycles. The number of esters is 1. The second kappa shape index (κ2) is 6.79. The Kier molecular flexibility index (Phi) is 4.83. The summed E-state index contributed by atoms with van der Waals surface area (Å²) in [5.41, 5.74) is -1.62. The average Bonchev–Trinajstić information content (AvgIpc) is 3.34. The third-order valence-corrected chi connectivity index (χ3v) is 4.92. The van der Waals surface area contributed by atoms with Gasteiger partial charge in [-0.25, -0.2) is 4.79 Å². The van der Waals surface area contributed by atoms with E-state index < -0.39 is 29.1 Å². The molecule has 0 saturated heterocycles. The van der Waals surface area contributed by atoms with Crippen LogP contribution in [0.5, 0.6) is 0 Å². The van der Waals surface area contributed by atoms with Crippen LogP contribution in [-0.4, -0.2) is 30.3 Å². The molecule has 2 aromatic rings. The highest BCUT2D eigenvalue weighted by Crippen LogP contribution is 2.43. The first kappa shape index (κ1) is 18.5. The standard InChI is InChI=1S/C17H14F3NO4S/c1-24-16(23)12-11(17(18,19)20)6-5-9(15(12)26-2)13(22)10-7-21-25-14(10)8-3-4-8/h5-8H,3-4H2,1-2H3. The molecule has 5 nitrogen and oxygen atoms in total. The summed E-state index contributed by atoms with van der Waals surface area (Å²) < 4.78 is 49.6. The highest BCUT2D eigenvalue weighted by atomic mass is 32.2. The molecular weight excluding hydrogens is 371 g/mol. The minimum atomic E-state index is -4.76. The fourth-order valence-electron chi connectivity index (χ4n) is 2.72. The number of halogens is 3. The van der Waals surface area contributed by atoms with Crippen LogP contribution in [0.15, 0.2) is 27.7 Å². The van der Waals surface area contributed by atoms with E-state index in [0.29, 0.717) is 5.76 Å². The van der Waals surface area contributed by atoms with E-state index >= 15 is 0 Å². The van der Waals surface area contributed by atoms with Gasteiger partial charge in [0.15, 0.2) is 11.5 Å². The summed E-state index contributed by atoms with van der Waals surface area (Å²) in [6, 6.07) is 1.80. The van der Waals surface area contributed by atoms with Gasteiger partial charge in [-0.15, -0.1) is 11.8 Å². The average molecular weight is 385 g/mol. The first-order valence-corrected chi connectivity index (χ1v) is 8.87. The number of carbonyl (C=O) groups is 2. The second-order valence-corrected chi connectivity index (χ2v) is 6.58. The molecule has 1 saturated carbocycles. The third kappa shape index (κ3) is 3.23. The van der Waals surface area contributed by atoms with Crippen LogP contribution in [0.3, 0.4) is 0 Å². The largest absolute Gasteiger partial charge is 0.465 e. The molecule has 0 aliphatic heterocycles. The van der Waals surface area contributed by atoms with Gasteiger partial charge in [-0.1, -0.05) is 5.16 Å². The molecule has 0 amide bonds. The third-order valence-electron chi connectivity index (χ3n) is 4.09. The Hall–Kier alpha value is -2.29. The molecule has 0 bridgehead atoms. The molecule has 0 atom stereocenters. The van der Waals surface area contributed by atoms with Crippen molar-refractivity contribution >= 4 is 23.5 Å². The van der Waals surface area contributed by atoms with Crippen molar-refractivity contribution in [1.82, 2.24) is 5.16 Å². The summed E-state index contributed by atoms with van der Waals surface area (Å²) in [7, 11) is 0.992. The molecule has 1 aromatic carbocycles. The quantitative estimate of drug-likeness (QED) is 0.434. The van der Waals surface area contributed by atoms with Crippen LogP contribution in [0, 0.1) is 0 Å². The van der Waals surface area contributed by atoms with Crippen molar-refractivity contribution in [3.8, 4) is 0 Å². The fraction of sp³-hybridized carbons (Fsp3) is 0.353. The van der Waals surface area contributed by atoms with E-state index in [9.17, 15) is 22.8 Å². The lowest BCUT2D eigenvalue weighted by Crippen LogP contribution is -2.18. The number of thioether (sulfide) groups is 1. The summed E-state index contributed by atoms with van der Waals surface area (Å²) >= 11 is 0.879. The Balaban J connectivity index is 2.17. The molecular formula is C17H14F3NO4S. The van der Waals surface area contributed by atoms with Gasteiger partial charge in [0, 0.05) is 16.4 Å². The molecule has 0 N–H and O–H groups in total. The molecule has 9 heteroatoms. The van der Waals surface area contributed by atoms with Crippen LogP contribution >= 0.6 is 11.8 Å². The number of nitrogens with zero attached hydrogens (tertiary/aromatic N) is 1. The van der Waals surface area contributed by atoms with Gasteiger partial charge in [0.2, 0.25) is 0 Å². The van der Waals surface area contributed by atoms with Crippen LogP contribution in [0.2, 0.25) is 0 Å². The number of benzene rings is 1. The molecule has 1 aliphatic carbocycles. The highest BCUT2D eigenvalue weighted by molar-refractivity contribution is 7.98. The lowest BCUT2D eigenvalue weighted by molar-refractivity contribution is -0.138. The van der Waals surface area contributed by atoms with Crippen LogP contribution in [0.25, 0.3) is 0 Å². The highest BCUT2D eigenvalue weighted by Gasteiger charge is 2.39. The Morgan fingerprint density at radius 2 is 1.96 bits per heavy atom. The summed E-state index contributed by atoms with van der Waals surface area (Å²) in [5, 5.41) is 3.64. The molecule has 0 unspecified atom stereocenters. The van der Waals surface area contributed by atoms with Gasteiger partial charge < -0.3 is 9.26 Å². The minimum Gasteiger partial charge on any atom is -0.465 e.